The number of aryl methyl sites for hydroxylation is 2. The Morgan fingerprint density at radius 2 is 1.73 bits per heavy atom. The molecule has 0 N–H and O–H groups in total. The van der Waals surface area contributed by atoms with Crippen LogP contribution in [0, 0.1) is 20.8 Å². The van der Waals surface area contributed by atoms with Crippen molar-refractivity contribution in [2.45, 2.75) is 33.9 Å². The van der Waals surface area contributed by atoms with Gasteiger partial charge < -0.3 is 9.64 Å². The van der Waals surface area contributed by atoms with E-state index in [9.17, 15) is 9.59 Å². The first-order valence-electron chi connectivity index (χ1n) is 12.1. The molecule has 2 heterocycles. The Morgan fingerprint density at radius 3 is 2.46 bits per heavy atom. The third kappa shape index (κ3) is 6.61. The summed E-state index contributed by atoms with van der Waals surface area (Å²) in [7, 11) is 1.67. The summed E-state index contributed by atoms with van der Waals surface area (Å²) in [5, 5.41) is 8.96. The van der Waals surface area contributed by atoms with Gasteiger partial charge in [-0.1, -0.05) is 48.0 Å². The summed E-state index contributed by atoms with van der Waals surface area (Å²) in [5.41, 5.74) is 6.82. The SMILES string of the molecule is Cc1ccc(Cn2nc(C)c(/C=C/C(=O)OCC(=O)N(C)Cc3cnn(-c4ccccc4)c3)c2C)cc1. The van der Waals surface area contributed by atoms with Gasteiger partial charge in [0, 0.05) is 42.7 Å². The predicted octanol–water partition coefficient (Wildman–Crippen LogP) is 4.26. The highest BCUT2D eigenvalue weighted by atomic mass is 16.5. The first-order chi connectivity index (χ1) is 17.8. The van der Waals surface area contributed by atoms with Gasteiger partial charge in [-0.15, -0.1) is 0 Å². The standard InChI is InChI=1S/C29H31N5O3/c1-21-10-12-24(13-11-21)18-33-23(3)27(22(2)31-33)14-15-29(36)37-20-28(35)32(4)17-25-16-30-34(19-25)26-8-6-5-7-9-26/h5-16,19H,17-18,20H2,1-4H3/b15-14+. The Bertz CT molecular complexity index is 1400. The number of aromatic nitrogens is 4. The first-order valence-corrected chi connectivity index (χ1v) is 12.1. The summed E-state index contributed by atoms with van der Waals surface area (Å²) in [5.74, 6) is -0.878. The molecule has 0 bridgehead atoms. The molecular weight excluding hydrogens is 466 g/mol. The van der Waals surface area contributed by atoms with Crippen LogP contribution in [-0.2, 0) is 27.4 Å². The second kappa shape index (κ2) is 11.5. The Balaban J connectivity index is 1.29. The van der Waals surface area contributed by atoms with E-state index in [1.165, 1.54) is 16.5 Å². The molecule has 190 valence electrons. The summed E-state index contributed by atoms with van der Waals surface area (Å²) >= 11 is 0. The van der Waals surface area contributed by atoms with E-state index in [-0.39, 0.29) is 12.5 Å². The molecule has 0 spiro atoms. The molecule has 0 saturated heterocycles. The third-order valence-electron chi connectivity index (χ3n) is 6.12. The number of para-hydroxylation sites is 1. The molecule has 4 aromatic rings. The number of likely N-dealkylation sites (N-methyl/N-ethyl adjacent to an activating group) is 1. The number of ether oxygens (including phenoxy) is 1. The average molecular weight is 498 g/mol. The summed E-state index contributed by atoms with van der Waals surface area (Å²) in [6, 6.07) is 18.1. The molecule has 2 aromatic heterocycles. The lowest BCUT2D eigenvalue weighted by Gasteiger charge is -2.15. The van der Waals surface area contributed by atoms with Crippen molar-refractivity contribution in [2.24, 2.45) is 0 Å². The van der Waals surface area contributed by atoms with Gasteiger partial charge >= 0.3 is 5.97 Å². The maximum atomic E-state index is 12.5. The number of carbonyl (C=O) groups is 2. The quantitative estimate of drug-likeness (QED) is 0.255. The molecule has 1 amide bonds. The predicted molar refractivity (Wildman–Crippen MR) is 142 cm³/mol. The minimum atomic E-state index is -0.580. The number of esters is 1. The van der Waals surface area contributed by atoms with Gasteiger partial charge in [0.25, 0.3) is 5.91 Å². The van der Waals surface area contributed by atoms with Gasteiger partial charge in [-0.3, -0.25) is 9.48 Å². The highest BCUT2D eigenvalue weighted by Gasteiger charge is 2.14. The Labute approximate surface area is 216 Å². The lowest BCUT2D eigenvalue weighted by molar-refractivity contribution is -0.147. The normalized spacial score (nSPS) is 11.1. The topological polar surface area (TPSA) is 82.2 Å². The van der Waals surface area contributed by atoms with E-state index in [0.717, 1.165) is 33.8 Å². The fourth-order valence-electron chi connectivity index (χ4n) is 3.94. The summed E-state index contributed by atoms with van der Waals surface area (Å²) < 4.78 is 8.86. The van der Waals surface area contributed by atoms with Crippen LogP contribution in [0.3, 0.4) is 0 Å². The van der Waals surface area contributed by atoms with E-state index < -0.39 is 5.97 Å². The molecule has 0 radical (unpaired) electrons. The van der Waals surface area contributed by atoms with Crippen molar-refractivity contribution in [2.75, 3.05) is 13.7 Å². The van der Waals surface area contributed by atoms with Gasteiger partial charge in [0.05, 0.1) is 24.1 Å². The lowest BCUT2D eigenvalue weighted by atomic mass is 10.1. The van der Waals surface area contributed by atoms with Crippen molar-refractivity contribution in [3.8, 4) is 5.69 Å². The molecule has 0 aliphatic rings. The van der Waals surface area contributed by atoms with Crippen LogP contribution < -0.4 is 0 Å². The second-order valence-electron chi connectivity index (χ2n) is 9.05. The highest BCUT2D eigenvalue weighted by molar-refractivity contribution is 5.89. The zero-order chi connectivity index (χ0) is 26.4. The minimum Gasteiger partial charge on any atom is -0.452 e. The minimum absolute atomic E-state index is 0.299. The van der Waals surface area contributed by atoms with Gasteiger partial charge in [-0.05, 0) is 44.5 Å². The highest BCUT2D eigenvalue weighted by Crippen LogP contribution is 2.17. The molecular formula is C29H31N5O3. The summed E-state index contributed by atoms with van der Waals surface area (Å²) in [6.45, 7) is 6.60. The van der Waals surface area contributed by atoms with Crippen molar-refractivity contribution in [1.82, 2.24) is 24.5 Å². The van der Waals surface area contributed by atoms with Crippen molar-refractivity contribution in [3.05, 3.63) is 107 Å². The Morgan fingerprint density at radius 1 is 1.00 bits per heavy atom. The third-order valence-corrected chi connectivity index (χ3v) is 6.12. The van der Waals surface area contributed by atoms with Crippen molar-refractivity contribution in [3.63, 3.8) is 0 Å². The smallest absolute Gasteiger partial charge is 0.331 e. The molecule has 8 nitrogen and oxygen atoms in total. The van der Waals surface area contributed by atoms with Crippen LogP contribution in [0.25, 0.3) is 11.8 Å². The van der Waals surface area contributed by atoms with Gasteiger partial charge in [0.1, 0.15) is 0 Å². The summed E-state index contributed by atoms with van der Waals surface area (Å²) in [6.07, 6.45) is 6.62. The molecule has 0 fully saturated rings. The molecule has 4 rings (SSSR count). The van der Waals surface area contributed by atoms with Gasteiger partial charge in [-0.2, -0.15) is 10.2 Å². The van der Waals surface area contributed by atoms with E-state index in [1.54, 1.807) is 24.0 Å². The van der Waals surface area contributed by atoms with Gasteiger partial charge in [0.2, 0.25) is 0 Å². The van der Waals surface area contributed by atoms with Crippen LogP contribution >= 0.6 is 0 Å². The monoisotopic (exact) mass is 497 g/mol. The first kappa shape index (κ1) is 25.6. The van der Waals surface area contributed by atoms with Crippen molar-refractivity contribution < 1.29 is 14.3 Å². The largest absolute Gasteiger partial charge is 0.452 e. The van der Waals surface area contributed by atoms with E-state index in [0.29, 0.717) is 13.1 Å². The molecule has 0 saturated carbocycles. The number of amides is 1. The van der Waals surface area contributed by atoms with E-state index in [4.69, 9.17) is 4.74 Å². The molecule has 8 heteroatoms. The number of rotatable bonds is 9. The summed E-state index contributed by atoms with van der Waals surface area (Å²) in [4.78, 5) is 26.3. The van der Waals surface area contributed by atoms with E-state index in [2.05, 4.69) is 41.4 Å². The van der Waals surface area contributed by atoms with Crippen LogP contribution in [0.1, 0.15) is 33.6 Å². The van der Waals surface area contributed by atoms with Gasteiger partial charge in [-0.25, -0.2) is 9.48 Å². The molecule has 0 atom stereocenters. The van der Waals surface area contributed by atoms with Crippen LogP contribution in [0.15, 0.2) is 73.1 Å². The number of hydrogen-bond acceptors (Lipinski definition) is 5. The average Bonchev–Trinajstić information content (AvgIpc) is 3.47. The lowest BCUT2D eigenvalue weighted by Crippen LogP contribution is -2.30. The molecule has 0 aliphatic heterocycles. The van der Waals surface area contributed by atoms with Crippen molar-refractivity contribution in [1.29, 1.82) is 0 Å². The fraction of sp³-hybridized carbons (Fsp3) is 0.241. The van der Waals surface area contributed by atoms with Crippen LogP contribution in [-0.4, -0.2) is 50.0 Å². The van der Waals surface area contributed by atoms with Crippen LogP contribution in [0.4, 0.5) is 0 Å². The number of nitrogens with zero attached hydrogens (tertiary/aromatic N) is 5. The molecule has 37 heavy (non-hydrogen) atoms. The number of benzene rings is 2. The molecule has 0 unspecified atom stereocenters. The Hall–Kier alpha value is -4.46. The zero-order valence-corrected chi connectivity index (χ0v) is 21.6. The molecule has 2 aromatic carbocycles. The maximum absolute atomic E-state index is 12.5. The van der Waals surface area contributed by atoms with Crippen molar-refractivity contribution >= 4 is 18.0 Å². The zero-order valence-electron chi connectivity index (χ0n) is 21.6. The van der Waals surface area contributed by atoms with E-state index >= 15 is 0 Å². The molecule has 0 aliphatic carbocycles. The maximum Gasteiger partial charge on any atom is 0.331 e. The number of carbonyl (C=O) groups excluding carboxylic acids is 2. The fourth-order valence-corrected chi connectivity index (χ4v) is 3.94. The number of hydrogen-bond donors (Lipinski definition) is 0. The Kier molecular flexibility index (Phi) is 7.98. The second-order valence-corrected chi connectivity index (χ2v) is 9.05. The van der Waals surface area contributed by atoms with Crippen LogP contribution in [0.2, 0.25) is 0 Å². The van der Waals surface area contributed by atoms with E-state index in [1.807, 2.05) is 55.1 Å². The van der Waals surface area contributed by atoms with Crippen LogP contribution in [0.5, 0.6) is 0 Å². The van der Waals surface area contributed by atoms with Gasteiger partial charge in [0.15, 0.2) is 6.61 Å².